The van der Waals surface area contributed by atoms with Crippen LogP contribution in [0.4, 0.5) is 13.6 Å². The van der Waals surface area contributed by atoms with E-state index in [2.05, 4.69) is 5.32 Å². The van der Waals surface area contributed by atoms with Gasteiger partial charge in [-0.05, 0) is 41.8 Å². The lowest BCUT2D eigenvalue weighted by atomic mass is 9.87. The summed E-state index contributed by atoms with van der Waals surface area (Å²) < 4.78 is 26.2. The fraction of sp³-hybridized carbons (Fsp3) is 0.222. The molecule has 0 aromatic heterocycles. The molecule has 6 heteroatoms. The number of hydrogen-bond donors (Lipinski definition) is 1. The molecule has 1 N–H and O–H groups in total. The van der Waals surface area contributed by atoms with E-state index in [1.165, 1.54) is 48.5 Å². The summed E-state index contributed by atoms with van der Waals surface area (Å²) in [6, 6.07) is 10.6. The summed E-state index contributed by atoms with van der Waals surface area (Å²) in [6.45, 7) is 1.83. The highest BCUT2D eigenvalue weighted by Crippen LogP contribution is 2.33. The average Bonchev–Trinajstić information content (AvgIpc) is 2.82. The minimum Gasteiger partial charge on any atom is -0.319 e. The first-order valence-electron chi connectivity index (χ1n) is 7.61. The summed E-state index contributed by atoms with van der Waals surface area (Å²) >= 11 is 0. The molecule has 1 aliphatic rings. The van der Waals surface area contributed by atoms with Crippen LogP contribution in [0.25, 0.3) is 0 Å². The van der Waals surface area contributed by atoms with Crippen LogP contribution in [0.2, 0.25) is 0 Å². The van der Waals surface area contributed by atoms with E-state index < -0.39 is 23.3 Å². The molecular weight excluding hydrogens is 314 g/mol. The highest BCUT2D eigenvalue weighted by Gasteiger charge is 2.51. The number of nitrogens with one attached hydrogen (secondary N) is 1. The number of carbonyl (C=O) groups is 2. The Morgan fingerprint density at radius 1 is 0.958 bits per heavy atom. The van der Waals surface area contributed by atoms with Gasteiger partial charge < -0.3 is 5.32 Å². The fourth-order valence-corrected chi connectivity index (χ4v) is 2.92. The SMILES string of the molecule is CC[C@]1(c2ccc(F)cc2)NC(=O)N(Cc2ccc(F)cc2)C1=O. The smallest absolute Gasteiger partial charge is 0.319 e. The standard InChI is InChI=1S/C18H16F2N2O2/c1-2-18(13-5-9-15(20)10-6-13)16(23)22(17(24)21-18)11-12-3-7-14(19)8-4-12/h3-10H,2,11H2,1H3,(H,21,24)/t18-/m1/s1. The van der Waals surface area contributed by atoms with Crippen LogP contribution >= 0.6 is 0 Å². The zero-order valence-electron chi connectivity index (χ0n) is 13.1. The van der Waals surface area contributed by atoms with Crippen molar-refractivity contribution >= 4 is 11.9 Å². The van der Waals surface area contributed by atoms with Crippen molar-refractivity contribution in [2.24, 2.45) is 0 Å². The third-order valence-corrected chi connectivity index (χ3v) is 4.30. The molecule has 124 valence electrons. The van der Waals surface area contributed by atoms with Gasteiger partial charge in [-0.2, -0.15) is 0 Å². The maximum Gasteiger partial charge on any atom is 0.325 e. The molecule has 1 aliphatic heterocycles. The van der Waals surface area contributed by atoms with Gasteiger partial charge in [0.15, 0.2) is 0 Å². The second-order valence-electron chi connectivity index (χ2n) is 5.71. The van der Waals surface area contributed by atoms with Gasteiger partial charge >= 0.3 is 6.03 Å². The molecule has 2 aromatic carbocycles. The zero-order valence-corrected chi connectivity index (χ0v) is 13.1. The van der Waals surface area contributed by atoms with Crippen LogP contribution in [0.15, 0.2) is 48.5 Å². The fourth-order valence-electron chi connectivity index (χ4n) is 2.92. The molecule has 3 amide bonds. The largest absolute Gasteiger partial charge is 0.325 e. The normalized spacial score (nSPS) is 20.4. The Kier molecular flexibility index (Phi) is 4.05. The average molecular weight is 330 g/mol. The first-order chi connectivity index (χ1) is 11.5. The van der Waals surface area contributed by atoms with Crippen molar-refractivity contribution in [3.8, 4) is 0 Å². The van der Waals surface area contributed by atoms with Gasteiger partial charge in [0.05, 0.1) is 6.54 Å². The monoisotopic (exact) mass is 330 g/mol. The zero-order chi connectivity index (χ0) is 17.3. The molecule has 1 fully saturated rings. The highest BCUT2D eigenvalue weighted by molar-refractivity contribution is 6.07. The van der Waals surface area contributed by atoms with Crippen LogP contribution < -0.4 is 5.32 Å². The maximum absolute atomic E-state index is 13.2. The van der Waals surface area contributed by atoms with E-state index in [-0.39, 0.29) is 12.4 Å². The Bertz CT molecular complexity index is 775. The van der Waals surface area contributed by atoms with Crippen molar-refractivity contribution in [3.05, 3.63) is 71.3 Å². The van der Waals surface area contributed by atoms with Gasteiger partial charge in [0, 0.05) is 0 Å². The molecule has 4 nitrogen and oxygen atoms in total. The lowest BCUT2D eigenvalue weighted by molar-refractivity contribution is -0.132. The van der Waals surface area contributed by atoms with E-state index in [9.17, 15) is 18.4 Å². The van der Waals surface area contributed by atoms with E-state index in [0.717, 1.165) is 4.90 Å². The van der Waals surface area contributed by atoms with E-state index in [1.807, 2.05) is 0 Å². The lowest BCUT2D eigenvalue weighted by Gasteiger charge is -2.25. The summed E-state index contributed by atoms with van der Waals surface area (Å²) in [6.07, 6.45) is 0.336. The molecule has 24 heavy (non-hydrogen) atoms. The summed E-state index contributed by atoms with van der Waals surface area (Å²) in [7, 11) is 0. The topological polar surface area (TPSA) is 49.4 Å². The minimum absolute atomic E-state index is 0.0495. The highest BCUT2D eigenvalue weighted by atomic mass is 19.1. The van der Waals surface area contributed by atoms with Crippen LogP contribution in [0.5, 0.6) is 0 Å². The van der Waals surface area contributed by atoms with Crippen molar-refractivity contribution in [1.29, 1.82) is 0 Å². The Hall–Kier alpha value is -2.76. The molecule has 0 spiro atoms. The molecule has 3 rings (SSSR count). The first-order valence-corrected chi connectivity index (χ1v) is 7.61. The molecule has 0 aliphatic carbocycles. The number of urea groups is 1. The number of imide groups is 1. The Morgan fingerprint density at radius 3 is 2.04 bits per heavy atom. The number of benzene rings is 2. The number of hydrogen-bond acceptors (Lipinski definition) is 2. The van der Waals surface area contributed by atoms with Gasteiger partial charge in [-0.25, -0.2) is 13.6 Å². The van der Waals surface area contributed by atoms with Crippen molar-refractivity contribution in [3.63, 3.8) is 0 Å². The number of nitrogens with zero attached hydrogens (tertiary/aromatic N) is 1. The molecule has 2 aromatic rings. The molecular formula is C18H16F2N2O2. The molecule has 1 heterocycles. The minimum atomic E-state index is -1.20. The molecule has 1 saturated heterocycles. The van der Waals surface area contributed by atoms with Gasteiger partial charge in [-0.15, -0.1) is 0 Å². The van der Waals surface area contributed by atoms with Crippen LogP contribution in [0, 0.1) is 11.6 Å². The summed E-state index contributed by atoms with van der Waals surface area (Å²) in [4.78, 5) is 26.3. The van der Waals surface area contributed by atoms with Gasteiger partial charge in [-0.3, -0.25) is 9.69 Å². The molecule has 0 radical (unpaired) electrons. The van der Waals surface area contributed by atoms with Crippen LogP contribution in [-0.2, 0) is 16.9 Å². The third kappa shape index (κ3) is 2.64. The maximum atomic E-state index is 13.2. The van der Waals surface area contributed by atoms with Crippen molar-refractivity contribution in [2.45, 2.75) is 25.4 Å². The number of rotatable bonds is 4. The van der Waals surface area contributed by atoms with E-state index in [4.69, 9.17) is 0 Å². The van der Waals surface area contributed by atoms with E-state index in [1.54, 1.807) is 6.92 Å². The van der Waals surface area contributed by atoms with Crippen molar-refractivity contribution < 1.29 is 18.4 Å². The molecule has 0 saturated carbocycles. The van der Waals surface area contributed by atoms with Crippen LogP contribution in [0.1, 0.15) is 24.5 Å². The molecule has 0 bridgehead atoms. The van der Waals surface area contributed by atoms with Gasteiger partial charge in [0.1, 0.15) is 17.2 Å². The predicted molar refractivity (Wildman–Crippen MR) is 83.9 cm³/mol. The van der Waals surface area contributed by atoms with Crippen molar-refractivity contribution in [1.82, 2.24) is 10.2 Å². The Balaban J connectivity index is 1.91. The second kappa shape index (κ2) is 6.03. The molecule has 1 atom stereocenters. The Morgan fingerprint density at radius 2 is 1.50 bits per heavy atom. The summed E-state index contributed by atoms with van der Waals surface area (Å²) in [5.74, 6) is -1.19. The van der Waals surface area contributed by atoms with Gasteiger partial charge in [-0.1, -0.05) is 31.2 Å². The second-order valence-corrected chi connectivity index (χ2v) is 5.71. The summed E-state index contributed by atoms with van der Waals surface area (Å²) in [5, 5.41) is 2.73. The molecule has 0 unspecified atom stereocenters. The number of amides is 3. The van der Waals surface area contributed by atoms with Crippen LogP contribution in [-0.4, -0.2) is 16.8 Å². The summed E-state index contributed by atoms with van der Waals surface area (Å²) in [5.41, 5.74) is -0.0255. The van der Waals surface area contributed by atoms with E-state index >= 15 is 0 Å². The van der Waals surface area contributed by atoms with Gasteiger partial charge in [0.25, 0.3) is 5.91 Å². The number of halogens is 2. The predicted octanol–water partition coefficient (Wildman–Crippen LogP) is 3.32. The quantitative estimate of drug-likeness (QED) is 0.874. The third-order valence-electron chi connectivity index (χ3n) is 4.30. The Labute approximate surface area is 138 Å². The number of carbonyl (C=O) groups excluding carboxylic acids is 2. The van der Waals surface area contributed by atoms with Gasteiger partial charge in [0.2, 0.25) is 0 Å². The first kappa shape index (κ1) is 16.1. The van der Waals surface area contributed by atoms with Crippen molar-refractivity contribution in [2.75, 3.05) is 0 Å². The van der Waals surface area contributed by atoms with Crippen LogP contribution in [0.3, 0.4) is 0 Å². The lowest BCUT2D eigenvalue weighted by Crippen LogP contribution is -2.43. The van der Waals surface area contributed by atoms with E-state index in [0.29, 0.717) is 17.5 Å².